The van der Waals surface area contributed by atoms with Crippen LogP contribution in [0, 0.1) is 5.92 Å². The predicted molar refractivity (Wildman–Crippen MR) is 82.5 cm³/mol. The van der Waals surface area contributed by atoms with Crippen LogP contribution in [-0.2, 0) is 6.54 Å². The molecule has 1 heterocycles. The molecule has 5 nitrogen and oxygen atoms in total. The second-order valence-corrected chi connectivity index (χ2v) is 6.09. The fraction of sp³-hybridized carbons (Fsp3) is 0.714. The summed E-state index contributed by atoms with van der Waals surface area (Å²) >= 11 is 6.12. The lowest BCUT2D eigenvalue weighted by atomic mass is 10.2. The molecular weight excluding hydrogens is 276 g/mol. The third kappa shape index (κ3) is 4.49. The summed E-state index contributed by atoms with van der Waals surface area (Å²) in [5, 5.41) is 7.62. The Balaban J connectivity index is 1.89. The largest absolute Gasteiger partial charge is 0.382 e. The van der Waals surface area contributed by atoms with Gasteiger partial charge in [0.1, 0.15) is 5.02 Å². The molecule has 0 spiro atoms. The van der Waals surface area contributed by atoms with Gasteiger partial charge in [-0.1, -0.05) is 24.4 Å². The number of hydrogen-bond donors (Lipinski definition) is 1. The van der Waals surface area contributed by atoms with Gasteiger partial charge in [-0.3, -0.25) is 4.79 Å². The summed E-state index contributed by atoms with van der Waals surface area (Å²) in [7, 11) is 3.92. The van der Waals surface area contributed by atoms with E-state index in [4.69, 9.17) is 11.6 Å². The first-order valence-electron chi connectivity index (χ1n) is 7.22. The minimum atomic E-state index is -0.222. The summed E-state index contributed by atoms with van der Waals surface area (Å²) in [6.07, 6.45) is 6.79. The molecule has 0 radical (unpaired) electrons. The molecule has 0 atom stereocenters. The van der Waals surface area contributed by atoms with Gasteiger partial charge in [0.05, 0.1) is 18.4 Å². The van der Waals surface area contributed by atoms with Crippen LogP contribution in [0.1, 0.15) is 25.7 Å². The third-order valence-corrected chi connectivity index (χ3v) is 3.91. The fourth-order valence-electron chi connectivity index (χ4n) is 2.06. The molecule has 1 aliphatic carbocycles. The molecule has 1 aromatic rings. The Morgan fingerprint density at radius 3 is 2.90 bits per heavy atom. The SMILES string of the molecule is CN(C)CCn1ncc(NCCCC2CC2)c(Cl)c1=O. The molecular formula is C14H23ClN4O. The number of rotatable bonds is 8. The summed E-state index contributed by atoms with van der Waals surface area (Å²) in [6, 6.07) is 0. The third-order valence-electron chi connectivity index (χ3n) is 3.55. The van der Waals surface area contributed by atoms with E-state index in [2.05, 4.69) is 10.4 Å². The molecule has 2 rings (SSSR count). The zero-order chi connectivity index (χ0) is 14.5. The van der Waals surface area contributed by atoms with Crippen molar-refractivity contribution in [2.45, 2.75) is 32.2 Å². The Morgan fingerprint density at radius 2 is 2.25 bits per heavy atom. The first-order valence-corrected chi connectivity index (χ1v) is 7.60. The van der Waals surface area contributed by atoms with Crippen LogP contribution < -0.4 is 10.9 Å². The number of nitrogens with one attached hydrogen (secondary N) is 1. The minimum Gasteiger partial charge on any atom is -0.382 e. The minimum absolute atomic E-state index is 0.222. The van der Waals surface area contributed by atoms with Gasteiger partial charge in [-0.15, -0.1) is 0 Å². The summed E-state index contributed by atoms with van der Waals surface area (Å²) in [5.74, 6) is 0.935. The van der Waals surface area contributed by atoms with E-state index in [1.807, 2.05) is 19.0 Å². The fourth-order valence-corrected chi connectivity index (χ4v) is 2.28. The number of likely N-dealkylation sites (N-methyl/N-ethyl adjacent to an activating group) is 1. The molecule has 0 bridgehead atoms. The maximum atomic E-state index is 12.1. The van der Waals surface area contributed by atoms with Crippen LogP contribution in [0.15, 0.2) is 11.0 Å². The Bertz CT molecular complexity index is 496. The zero-order valence-electron chi connectivity index (χ0n) is 12.2. The summed E-state index contributed by atoms with van der Waals surface area (Å²) < 4.78 is 1.41. The number of nitrogens with zero attached hydrogens (tertiary/aromatic N) is 3. The molecule has 0 unspecified atom stereocenters. The summed E-state index contributed by atoms with van der Waals surface area (Å²) in [4.78, 5) is 14.1. The van der Waals surface area contributed by atoms with E-state index in [0.717, 1.165) is 25.4 Å². The average molecular weight is 299 g/mol. The van der Waals surface area contributed by atoms with Gasteiger partial charge in [-0.25, -0.2) is 4.68 Å². The van der Waals surface area contributed by atoms with E-state index in [0.29, 0.717) is 12.2 Å². The van der Waals surface area contributed by atoms with Crippen molar-refractivity contribution in [2.24, 2.45) is 5.92 Å². The van der Waals surface area contributed by atoms with Crippen LogP contribution in [0.25, 0.3) is 0 Å². The molecule has 1 aliphatic rings. The van der Waals surface area contributed by atoms with Gasteiger partial charge in [-0.2, -0.15) is 5.10 Å². The lowest BCUT2D eigenvalue weighted by Crippen LogP contribution is -2.29. The normalized spacial score (nSPS) is 14.8. The van der Waals surface area contributed by atoms with Gasteiger partial charge < -0.3 is 10.2 Å². The highest BCUT2D eigenvalue weighted by atomic mass is 35.5. The summed E-state index contributed by atoms with van der Waals surface area (Å²) in [5.41, 5.74) is 0.425. The summed E-state index contributed by atoms with van der Waals surface area (Å²) in [6.45, 7) is 2.16. The Labute approximate surface area is 124 Å². The highest BCUT2D eigenvalue weighted by molar-refractivity contribution is 6.32. The van der Waals surface area contributed by atoms with Gasteiger partial charge in [0.15, 0.2) is 0 Å². The molecule has 20 heavy (non-hydrogen) atoms. The number of anilines is 1. The lowest BCUT2D eigenvalue weighted by molar-refractivity contribution is 0.367. The van der Waals surface area contributed by atoms with Crippen molar-refractivity contribution in [3.8, 4) is 0 Å². The highest BCUT2D eigenvalue weighted by Crippen LogP contribution is 2.33. The van der Waals surface area contributed by atoms with Crippen LogP contribution in [-0.4, -0.2) is 41.9 Å². The Morgan fingerprint density at radius 1 is 1.50 bits per heavy atom. The number of hydrogen-bond acceptors (Lipinski definition) is 4. The second-order valence-electron chi connectivity index (χ2n) is 5.72. The molecule has 1 fully saturated rings. The topological polar surface area (TPSA) is 50.2 Å². The van der Waals surface area contributed by atoms with Crippen LogP contribution in [0.2, 0.25) is 5.02 Å². The van der Waals surface area contributed by atoms with E-state index in [-0.39, 0.29) is 10.6 Å². The average Bonchev–Trinajstić information content (AvgIpc) is 3.22. The van der Waals surface area contributed by atoms with E-state index < -0.39 is 0 Å². The molecule has 0 aliphatic heterocycles. The van der Waals surface area contributed by atoms with Crippen LogP contribution in [0.4, 0.5) is 5.69 Å². The van der Waals surface area contributed by atoms with Gasteiger partial charge in [-0.05, 0) is 32.9 Å². The molecule has 1 aromatic heterocycles. The zero-order valence-corrected chi connectivity index (χ0v) is 13.0. The van der Waals surface area contributed by atoms with E-state index in [9.17, 15) is 4.79 Å². The van der Waals surface area contributed by atoms with Crippen molar-refractivity contribution in [3.05, 3.63) is 21.6 Å². The van der Waals surface area contributed by atoms with Crippen molar-refractivity contribution in [1.82, 2.24) is 14.7 Å². The van der Waals surface area contributed by atoms with Gasteiger partial charge in [0.2, 0.25) is 0 Å². The molecule has 1 saturated carbocycles. The van der Waals surface area contributed by atoms with Crippen molar-refractivity contribution >= 4 is 17.3 Å². The molecule has 6 heteroatoms. The van der Waals surface area contributed by atoms with Crippen molar-refractivity contribution < 1.29 is 0 Å². The number of halogens is 1. The second kappa shape index (κ2) is 7.09. The van der Waals surface area contributed by atoms with E-state index in [1.165, 1.54) is 23.9 Å². The van der Waals surface area contributed by atoms with Crippen LogP contribution in [0.5, 0.6) is 0 Å². The van der Waals surface area contributed by atoms with Gasteiger partial charge in [0, 0.05) is 13.1 Å². The van der Waals surface area contributed by atoms with Gasteiger partial charge in [0.25, 0.3) is 5.56 Å². The Kier molecular flexibility index (Phi) is 5.43. The monoisotopic (exact) mass is 298 g/mol. The first kappa shape index (κ1) is 15.3. The number of aromatic nitrogens is 2. The molecule has 112 valence electrons. The Hall–Kier alpha value is -1.07. The van der Waals surface area contributed by atoms with E-state index >= 15 is 0 Å². The standard InChI is InChI=1S/C14H23ClN4O/c1-18(2)8-9-19-14(20)13(15)12(10-17-19)16-7-3-4-11-5-6-11/h10-11,16H,3-9H2,1-2H3. The van der Waals surface area contributed by atoms with E-state index in [1.54, 1.807) is 6.20 Å². The van der Waals surface area contributed by atoms with Crippen molar-refractivity contribution in [3.63, 3.8) is 0 Å². The van der Waals surface area contributed by atoms with Crippen LogP contribution in [0.3, 0.4) is 0 Å². The first-order chi connectivity index (χ1) is 9.58. The maximum absolute atomic E-state index is 12.1. The lowest BCUT2D eigenvalue weighted by Gasteiger charge is -2.12. The van der Waals surface area contributed by atoms with Crippen LogP contribution >= 0.6 is 11.6 Å². The molecule has 0 amide bonds. The molecule has 0 saturated heterocycles. The maximum Gasteiger partial charge on any atom is 0.287 e. The van der Waals surface area contributed by atoms with Crippen molar-refractivity contribution in [2.75, 3.05) is 32.5 Å². The smallest absolute Gasteiger partial charge is 0.287 e. The quantitative estimate of drug-likeness (QED) is 0.747. The predicted octanol–water partition coefficient (Wildman–Crippen LogP) is 2.06. The molecule has 0 aromatic carbocycles. The highest BCUT2D eigenvalue weighted by Gasteiger charge is 2.20. The van der Waals surface area contributed by atoms with Gasteiger partial charge >= 0.3 is 0 Å². The molecule has 1 N–H and O–H groups in total. The van der Waals surface area contributed by atoms with Crippen molar-refractivity contribution in [1.29, 1.82) is 0 Å².